The Labute approximate surface area is 89.8 Å². The zero-order valence-corrected chi connectivity index (χ0v) is 9.09. The van der Waals surface area contributed by atoms with Gasteiger partial charge in [0.25, 0.3) is 0 Å². The summed E-state index contributed by atoms with van der Waals surface area (Å²) in [5.74, 6) is -2.40. The smallest absolute Gasteiger partial charge is 0.248 e. The monoisotopic (exact) mass is 218 g/mol. The Kier molecular flexibility index (Phi) is 3.26. The number of alkyl halides is 2. The molecule has 1 saturated heterocycles. The van der Waals surface area contributed by atoms with E-state index in [1.54, 1.807) is 0 Å². The highest BCUT2D eigenvalue weighted by atomic mass is 19.3. The van der Waals surface area contributed by atoms with Gasteiger partial charge in [0.1, 0.15) is 0 Å². The largest absolute Gasteiger partial charge is 0.328 e. The number of likely N-dealkylation sites (tertiary alicyclic amines) is 1. The minimum atomic E-state index is -2.40. The van der Waals surface area contributed by atoms with Crippen LogP contribution in [0.2, 0.25) is 0 Å². The van der Waals surface area contributed by atoms with Crippen LogP contribution in [0.3, 0.4) is 0 Å². The first-order chi connectivity index (χ1) is 7.07. The first-order valence-corrected chi connectivity index (χ1v) is 5.94. The molecule has 1 aliphatic heterocycles. The normalized spacial score (nSPS) is 30.6. The van der Waals surface area contributed by atoms with Crippen LogP contribution in [0, 0.1) is 0 Å². The Hall–Kier alpha value is -0.220. The molecule has 0 aromatic heterocycles. The molecule has 2 rings (SSSR count). The molecule has 0 spiro atoms. The molecule has 1 heterocycles. The molecule has 2 nitrogen and oxygen atoms in total. The van der Waals surface area contributed by atoms with Gasteiger partial charge in [-0.05, 0) is 38.8 Å². The van der Waals surface area contributed by atoms with Gasteiger partial charge in [0.15, 0.2) is 0 Å². The van der Waals surface area contributed by atoms with Gasteiger partial charge in [-0.15, -0.1) is 0 Å². The standard InChI is InChI=1S/C11H20F2N2/c12-11(13)5-1-10(2-6-11)15-7-3-9(14)4-8-15/h9-10H,1-8,14H2. The average Bonchev–Trinajstić information content (AvgIpc) is 2.20. The maximum Gasteiger partial charge on any atom is 0.248 e. The number of nitrogens with zero attached hydrogens (tertiary/aromatic N) is 1. The van der Waals surface area contributed by atoms with Crippen molar-refractivity contribution in [3.8, 4) is 0 Å². The first-order valence-electron chi connectivity index (χ1n) is 5.94. The summed E-state index contributed by atoms with van der Waals surface area (Å²) in [7, 11) is 0. The van der Waals surface area contributed by atoms with E-state index in [0.717, 1.165) is 25.9 Å². The van der Waals surface area contributed by atoms with Crippen molar-refractivity contribution in [1.29, 1.82) is 0 Å². The predicted octanol–water partition coefficient (Wildman–Crippen LogP) is 1.99. The van der Waals surface area contributed by atoms with E-state index >= 15 is 0 Å². The van der Waals surface area contributed by atoms with Crippen LogP contribution < -0.4 is 5.73 Å². The minimum absolute atomic E-state index is 0.0697. The molecule has 1 saturated carbocycles. The predicted molar refractivity (Wildman–Crippen MR) is 56.0 cm³/mol. The third-order valence-electron chi connectivity index (χ3n) is 3.78. The molecule has 2 fully saturated rings. The van der Waals surface area contributed by atoms with Gasteiger partial charge in [-0.3, -0.25) is 0 Å². The summed E-state index contributed by atoms with van der Waals surface area (Å²) >= 11 is 0. The maximum absolute atomic E-state index is 13.0. The van der Waals surface area contributed by atoms with Crippen LogP contribution in [0.5, 0.6) is 0 Å². The second kappa shape index (κ2) is 4.34. The lowest BCUT2D eigenvalue weighted by atomic mass is 9.90. The van der Waals surface area contributed by atoms with Crippen LogP contribution in [-0.4, -0.2) is 36.0 Å². The maximum atomic E-state index is 13.0. The van der Waals surface area contributed by atoms with Gasteiger partial charge in [-0.1, -0.05) is 0 Å². The quantitative estimate of drug-likeness (QED) is 0.729. The summed E-state index contributed by atoms with van der Waals surface area (Å²) in [6, 6.07) is 0.711. The van der Waals surface area contributed by atoms with E-state index in [1.165, 1.54) is 0 Å². The molecule has 1 aliphatic carbocycles. The first kappa shape index (κ1) is 11.3. The van der Waals surface area contributed by atoms with Crippen molar-refractivity contribution in [2.75, 3.05) is 13.1 Å². The molecule has 0 atom stereocenters. The summed E-state index contributed by atoms with van der Waals surface area (Å²) in [6.45, 7) is 1.99. The molecule has 2 aliphatic rings. The molecule has 0 aromatic rings. The van der Waals surface area contributed by atoms with Gasteiger partial charge in [0.2, 0.25) is 5.92 Å². The summed E-state index contributed by atoms with van der Waals surface area (Å²) in [5, 5.41) is 0. The van der Waals surface area contributed by atoms with Gasteiger partial charge in [-0.25, -0.2) is 8.78 Å². The lowest BCUT2D eigenvalue weighted by Gasteiger charge is -2.40. The fourth-order valence-corrected chi connectivity index (χ4v) is 2.67. The highest BCUT2D eigenvalue weighted by Crippen LogP contribution is 2.35. The van der Waals surface area contributed by atoms with E-state index in [4.69, 9.17) is 5.73 Å². The van der Waals surface area contributed by atoms with Crippen molar-refractivity contribution in [1.82, 2.24) is 4.90 Å². The molecule has 4 heteroatoms. The van der Waals surface area contributed by atoms with E-state index in [2.05, 4.69) is 4.90 Å². The fraction of sp³-hybridized carbons (Fsp3) is 1.00. The van der Waals surface area contributed by atoms with E-state index in [0.29, 0.717) is 24.9 Å². The van der Waals surface area contributed by atoms with E-state index in [9.17, 15) is 8.78 Å². The Bertz CT molecular complexity index is 203. The molecule has 0 bridgehead atoms. The van der Waals surface area contributed by atoms with Crippen LogP contribution >= 0.6 is 0 Å². The minimum Gasteiger partial charge on any atom is -0.328 e. The van der Waals surface area contributed by atoms with Crippen LogP contribution in [0.4, 0.5) is 8.78 Å². The third-order valence-corrected chi connectivity index (χ3v) is 3.78. The molecule has 0 unspecified atom stereocenters. The molecular formula is C11H20F2N2. The van der Waals surface area contributed by atoms with Crippen molar-refractivity contribution >= 4 is 0 Å². The molecule has 0 radical (unpaired) electrons. The van der Waals surface area contributed by atoms with Gasteiger partial charge >= 0.3 is 0 Å². The molecule has 0 aromatic carbocycles. The summed E-state index contributed by atoms with van der Waals surface area (Å²) in [5.41, 5.74) is 5.82. The Morgan fingerprint density at radius 1 is 1.00 bits per heavy atom. The van der Waals surface area contributed by atoms with E-state index < -0.39 is 5.92 Å². The number of halogens is 2. The Morgan fingerprint density at radius 3 is 2.07 bits per heavy atom. The van der Waals surface area contributed by atoms with Crippen molar-refractivity contribution in [2.45, 2.75) is 56.5 Å². The second-order valence-corrected chi connectivity index (χ2v) is 4.96. The molecule has 2 N–H and O–H groups in total. The van der Waals surface area contributed by atoms with Gasteiger partial charge in [0, 0.05) is 24.9 Å². The van der Waals surface area contributed by atoms with Crippen molar-refractivity contribution in [3.63, 3.8) is 0 Å². The van der Waals surface area contributed by atoms with Crippen molar-refractivity contribution < 1.29 is 8.78 Å². The van der Waals surface area contributed by atoms with Gasteiger partial charge in [-0.2, -0.15) is 0 Å². The number of hydrogen-bond acceptors (Lipinski definition) is 2. The highest BCUT2D eigenvalue weighted by molar-refractivity contribution is 4.86. The molecule has 0 amide bonds. The van der Waals surface area contributed by atoms with Crippen molar-refractivity contribution in [2.24, 2.45) is 5.73 Å². The second-order valence-electron chi connectivity index (χ2n) is 4.96. The molecule has 15 heavy (non-hydrogen) atoms. The van der Waals surface area contributed by atoms with Gasteiger partial charge in [0.05, 0.1) is 0 Å². The summed E-state index contributed by atoms with van der Waals surface area (Å²) in [6.07, 6.45) is 3.49. The fourth-order valence-electron chi connectivity index (χ4n) is 2.67. The Morgan fingerprint density at radius 2 is 1.53 bits per heavy atom. The third kappa shape index (κ3) is 2.88. The van der Waals surface area contributed by atoms with Crippen LogP contribution in [0.1, 0.15) is 38.5 Å². The lowest BCUT2D eigenvalue weighted by Crippen LogP contribution is -2.47. The summed E-state index contributed by atoms with van der Waals surface area (Å²) in [4.78, 5) is 2.36. The topological polar surface area (TPSA) is 29.3 Å². The van der Waals surface area contributed by atoms with Crippen LogP contribution in [-0.2, 0) is 0 Å². The number of rotatable bonds is 1. The molecular weight excluding hydrogens is 198 g/mol. The van der Waals surface area contributed by atoms with Crippen LogP contribution in [0.15, 0.2) is 0 Å². The zero-order chi connectivity index (χ0) is 10.9. The van der Waals surface area contributed by atoms with Crippen molar-refractivity contribution in [3.05, 3.63) is 0 Å². The number of hydrogen-bond donors (Lipinski definition) is 1. The zero-order valence-electron chi connectivity index (χ0n) is 9.09. The van der Waals surface area contributed by atoms with E-state index in [1.807, 2.05) is 0 Å². The van der Waals surface area contributed by atoms with Gasteiger partial charge < -0.3 is 10.6 Å². The number of nitrogens with two attached hydrogens (primary N) is 1. The SMILES string of the molecule is NC1CCN(C2CCC(F)(F)CC2)CC1. The van der Waals surface area contributed by atoms with Crippen LogP contribution in [0.25, 0.3) is 0 Å². The summed E-state index contributed by atoms with van der Waals surface area (Å²) < 4.78 is 25.9. The molecule has 88 valence electrons. The average molecular weight is 218 g/mol. The highest BCUT2D eigenvalue weighted by Gasteiger charge is 2.37. The number of piperidine rings is 1. The Balaban J connectivity index is 1.80. The van der Waals surface area contributed by atoms with E-state index in [-0.39, 0.29) is 12.8 Å². The lowest BCUT2D eigenvalue weighted by molar-refractivity contribution is -0.0558.